The Kier molecular flexibility index (Phi) is 3.66. The van der Waals surface area contributed by atoms with Crippen LogP contribution in [-0.4, -0.2) is 6.61 Å². The molecular weight excluding hydrogens is 291 g/mol. The minimum absolute atomic E-state index is 0.156. The summed E-state index contributed by atoms with van der Waals surface area (Å²) in [4.78, 5) is 0. The summed E-state index contributed by atoms with van der Waals surface area (Å²) in [5.74, 6) is 0.988. The van der Waals surface area contributed by atoms with E-state index in [-0.39, 0.29) is 5.38 Å². The lowest BCUT2D eigenvalue weighted by atomic mass is 9.96. The molecule has 0 saturated carbocycles. The second-order valence-electron chi connectivity index (χ2n) is 5.29. The normalized spacial score (nSPS) is 14.8. The van der Waals surface area contributed by atoms with Gasteiger partial charge in [-0.15, -0.1) is 11.6 Å². The highest BCUT2D eigenvalue weighted by Crippen LogP contribution is 2.36. The molecule has 1 aliphatic rings. The first kappa shape index (κ1) is 13.8. The fourth-order valence-electron chi connectivity index (χ4n) is 2.62. The Morgan fingerprint density at radius 3 is 2.70 bits per heavy atom. The van der Waals surface area contributed by atoms with Gasteiger partial charge < -0.3 is 4.74 Å². The highest BCUT2D eigenvalue weighted by Gasteiger charge is 2.18. The standard InChI is InChI=1S/C17H16Cl2O/c1-10-8-15(18)11(2)7-14(10)17(19)13-3-4-16-12(9-13)5-6-20-16/h3-4,7-9,17H,5-6H2,1-2H3. The van der Waals surface area contributed by atoms with Crippen molar-refractivity contribution in [1.82, 2.24) is 0 Å². The van der Waals surface area contributed by atoms with Crippen molar-refractivity contribution < 1.29 is 4.74 Å². The number of benzene rings is 2. The topological polar surface area (TPSA) is 9.23 Å². The van der Waals surface area contributed by atoms with Crippen molar-refractivity contribution in [3.05, 3.63) is 63.2 Å². The minimum atomic E-state index is -0.156. The summed E-state index contributed by atoms with van der Waals surface area (Å²) in [6, 6.07) is 10.3. The molecule has 2 aromatic rings. The van der Waals surface area contributed by atoms with E-state index in [1.807, 2.05) is 32.0 Å². The Labute approximate surface area is 129 Å². The molecule has 3 rings (SSSR count). The van der Waals surface area contributed by atoms with Gasteiger partial charge in [-0.1, -0.05) is 29.8 Å². The van der Waals surface area contributed by atoms with E-state index in [1.165, 1.54) is 5.56 Å². The molecule has 20 heavy (non-hydrogen) atoms. The molecule has 0 amide bonds. The third kappa shape index (κ3) is 2.41. The van der Waals surface area contributed by atoms with Gasteiger partial charge in [0.2, 0.25) is 0 Å². The van der Waals surface area contributed by atoms with Crippen LogP contribution < -0.4 is 4.74 Å². The summed E-state index contributed by atoms with van der Waals surface area (Å²) < 4.78 is 5.54. The molecule has 0 radical (unpaired) electrons. The zero-order valence-electron chi connectivity index (χ0n) is 11.5. The maximum atomic E-state index is 6.68. The number of halogens is 2. The van der Waals surface area contributed by atoms with E-state index >= 15 is 0 Å². The van der Waals surface area contributed by atoms with Gasteiger partial charge >= 0.3 is 0 Å². The zero-order chi connectivity index (χ0) is 14.3. The highest BCUT2D eigenvalue weighted by atomic mass is 35.5. The number of rotatable bonds is 2. The lowest BCUT2D eigenvalue weighted by molar-refractivity contribution is 0.357. The van der Waals surface area contributed by atoms with Gasteiger partial charge in [-0.05, 0) is 53.8 Å². The SMILES string of the molecule is Cc1cc(C(Cl)c2ccc3c(c2)CCO3)c(C)cc1Cl. The molecule has 0 aromatic heterocycles. The highest BCUT2D eigenvalue weighted by molar-refractivity contribution is 6.31. The van der Waals surface area contributed by atoms with E-state index in [4.69, 9.17) is 27.9 Å². The van der Waals surface area contributed by atoms with Crippen LogP contribution in [0, 0.1) is 13.8 Å². The number of alkyl halides is 1. The van der Waals surface area contributed by atoms with Gasteiger partial charge in [-0.3, -0.25) is 0 Å². The first-order valence-corrected chi connectivity index (χ1v) is 7.54. The van der Waals surface area contributed by atoms with Crippen LogP contribution in [0.4, 0.5) is 0 Å². The molecule has 0 N–H and O–H groups in total. The number of hydrogen-bond donors (Lipinski definition) is 0. The van der Waals surface area contributed by atoms with Gasteiger partial charge in [0.25, 0.3) is 0 Å². The molecule has 0 spiro atoms. The zero-order valence-corrected chi connectivity index (χ0v) is 13.1. The fraction of sp³-hybridized carbons (Fsp3) is 0.294. The average molecular weight is 307 g/mol. The van der Waals surface area contributed by atoms with Crippen LogP contribution in [0.25, 0.3) is 0 Å². The Balaban J connectivity index is 2.00. The first-order chi connectivity index (χ1) is 9.56. The second kappa shape index (κ2) is 5.31. The minimum Gasteiger partial charge on any atom is -0.493 e. The van der Waals surface area contributed by atoms with Gasteiger partial charge in [0.15, 0.2) is 0 Å². The van der Waals surface area contributed by atoms with Crippen LogP contribution in [0.2, 0.25) is 5.02 Å². The summed E-state index contributed by atoms with van der Waals surface area (Å²) in [7, 11) is 0. The van der Waals surface area contributed by atoms with Crippen LogP contribution in [0.15, 0.2) is 30.3 Å². The van der Waals surface area contributed by atoms with Gasteiger partial charge in [0.1, 0.15) is 5.75 Å². The van der Waals surface area contributed by atoms with Crippen molar-refractivity contribution in [1.29, 1.82) is 0 Å². The van der Waals surface area contributed by atoms with Crippen molar-refractivity contribution >= 4 is 23.2 Å². The van der Waals surface area contributed by atoms with Crippen molar-refractivity contribution in [2.75, 3.05) is 6.61 Å². The van der Waals surface area contributed by atoms with Crippen molar-refractivity contribution in [3.63, 3.8) is 0 Å². The maximum absolute atomic E-state index is 6.68. The van der Waals surface area contributed by atoms with Gasteiger partial charge in [0.05, 0.1) is 12.0 Å². The summed E-state index contributed by atoms with van der Waals surface area (Å²) in [5.41, 5.74) is 5.66. The van der Waals surface area contributed by atoms with E-state index in [9.17, 15) is 0 Å². The van der Waals surface area contributed by atoms with E-state index in [0.717, 1.165) is 46.1 Å². The van der Waals surface area contributed by atoms with Crippen LogP contribution in [0.1, 0.15) is 33.2 Å². The van der Waals surface area contributed by atoms with Crippen molar-refractivity contribution in [2.24, 2.45) is 0 Å². The largest absolute Gasteiger partial charge is 0.493 e. The number of fused-ring (bicyclic) bond motifs is 1. The number of ether oxygens (including phenoxy) is 1. The third-order valence-corrected chi connectivity index (χ3v) is 4.72. The van der Waals surface area contributed by atoms with Gasteiger partial charge in [-0.25, -0.2) is 0 Å². The molecule has 0 fully saturated rings. The molecule has 1 atom stereocenters. The van der Waals surface area contributed by atoms with Crippen LogP contribution in [0.3, 0.4) is 0 Å². The molecule has 2 aromatic carbocycles. The molecule has 0 saturated heterocycles. The van der Waals surface area contributed by atoms with Gasteiger partial charge in [-0.2, -0.15) is 0 Å². The summed E-state index contributed by atoms with van der Waals surface area (Å²) in [5, 5.41) is 0.634. The summed E-state index contributed by atoms with van der Waals surface area (Å²) in [6.07, 6.45) is 0.964. The maximum Gasteiger partial charge on any atom is 0.122 e. The molecule has 1 nitrogen and oxygen atoms in total. The Hall–Kier alpha value is -1.18. The predicted octanol–water partition coefficient (Wildman–Crippen LogP) is 5.22. The fourth-order valence-corrected chi connectivity index (χ4v) is 3.21. The Bertz CT molecular complexity index is 664. The molecule has 1 aliphatic heterocycles. The number of hydrogen-bond acceptors (Lipinski definition) is 1. The molecule has 1 unspecified atom stereocenters. The molecular formula is C17H16Cl2O. The predicted molar refractivity (Wildman–Crippen MR) is 84.3 cm³/mol. The van der Waals surface area contributed by atoms with E-state index in [1.54, 1.807) is 0 Å². The lowest BCUT2D eigenvalue weighted by Crippen LogP contribution is -1.98. The molecule has 0 aliphatic carbocycles. The first-order valence-electron chi connectivity index (χ1n) is 6.72. The van der Waals surface area contributed by atoms with Crippen molar-refractivity contribution in [2.45, 2.75) is 25.6 Å². The molecule has 1 heterocycles. The van der Waals surface area contributed by atoms with Crippen LogP contribution in [-0.2, 0) is 6.42 Å². The molecule has 0 bridgehead atoms. The second-order valence-corrected chi connectivity index (χ2v) is 6.13. The van der Waals surface area contributed by atoms with Crippen molar-refractivity contribution in [3.8, 4) is 5.75 Å². The van der Waals surface area contributed by atoms with Gasteiger partial charge in [0, 0.05) is 11.4 Å². The molecule has 104 valence electrons. The Morgan fingerprint density at radius 1 is 1.10 bits per heavy atom. The van der Waals surface area contributed by atoms with Crippen LogP contribution >= 0.6 is 23.2 Å². The van der Waals surface area contributed by atoms with E-state index in [2.05, 4.69) is 12.1 Å². The molecule has 3 heteroatoms. The average Bonchev–Trinajstić information content (AvgIpc) is 2.89. The number of aryl methyl sites for hydroxylation is 2. The quantitative estimate of drug-likeness (QED) is 0.691. The monoisotopic (exact) mass is 306 g/mol. The van der Waals surface area contributed by atoms with Crippen LogP contribution in [0.5, 0.6) is 5.75 Å². The van der Waals surface area contributed by atoms with E-state index < -0.39 is 0 Å². The summed E-state index contributed by atoms with van der Waals surface area (Å²) in [6.45, 7) is 4.82. The Morgan fingerprint density at radius 2 is 1.90 bits per heavy atom. The summed E-state index contributed by atoms with van der Waals surface area (Å²) >= 11 is 12.8. The lowest BCUT2D eigenvalue weighted by Gasteiger charge is -2.16. The smallest absolute Gasteiger partial charge is 0.122 e. The third-order valence-electron chi connectivity index (χ3n) is 3.83. The van der Waals surface area contributed by atoms with E-state index in [0.29, 0.717) is 0 Å².